The van der Waals surface area contributed by atoms with Gasteiger partial charge in [-0.2, -0.15) is 0 Å². The summed E-state index contributed by atoms with van der Waals surface area (Å²) in [7, 11) is 0. The molecule has 0 saturated carbocycles. The van der Waals surface area contributed by atoms with Gasteiger partial charge in [0.25, 0.3) is 0 Å². The molecule has 0 radical (unpaired) electrons. The molecule has 0 spiro atoms. The lowest BCUT2D eigenvalue weighted by atomic mass is 10.0. The average Bonchev–Trinajstić information content (AvgIpc) is 3.00. The predicted molar refractivity (Wildman–Crippen MR) is 63.5 cm³/mol. The largest absolute Gasteiger partial charge is 0.461 e. The maximum Gasteiger partial charge on any atom is 0.176 e. The van der Waals surface area contributed by atoms with Crippen molar-refractivity contribution in [3.8, 4) is 11.6 Å². The van der Waals surface area contributed by atoms with Crippen molar-refractivity contribution in [3.63, 3.8) is 0 Å². The first-order valence-electron chi connectivity index (χ1n) is 6.06. The summed E-state index contributed by atoms with van der Waals surface area (Å²) in [6, 6.07) is 3.83. The van der Waals surface area contributed by atoms with Gasteiger partial charge in [-0.1, -0.05) is 0 Å². The Balaban J connectivity index is 1.77. The summed E-state index contributed by atoms with van der Waals surface area (Å²) in [5, 5.41) is 0. The van der Waals surface area contributed by atoms with Gasteiger partial charge in [0.15, 0.2) is 11.6 Å². The SMILES string of the molecule is c1coc(-c2nccn2CC2CCCOC2)c1. The summed E-state index contributed by atoms with van der Waals surface area (Å²) in [4.78, 5) is 4.35. The summed E-state index contributed by atoms with van der Waals surface area (Å²) in [5.74, 6) is 2.32. The molecule has 0 aromatic carbocycles. The number of hydrogen-bond acceptors (Lipinski definition) is 3. The van der Waals surface area contributed by atoms with Gasteiger partial charge in [-0.05, 0) is 25.0 Å². The zero-order valence-electron chi connectivity index (χ0n) is 9.71. The molecule has 0 amide bonds. The van der Waals surface area contributed by atoms with Crippen LogP contribution in [-0.4, -0.2) is 22.8 Å². The Morgan fingerprint density at radius 1 is 1.47 bits per heavy atom. The van der Waals surface area contributed by atoms with Crippen molar-refractivity contribution < 1.29 is 9.15 Å². The highest BCUT2D eigenvalue weighted by atomic mass is 16.5. The van der Waals surface area contributed by atoms with Crippen LogP contribution >= 0.6 is 0 Å². The lowest BCUT2D eigenvalue weighted by Gasteiger charge is -2.22. The van der Waals surface area contributed by atoms with Crippen LogP contribution in [0.15, 0.2) is 35.2 Å². The van der Waals surface area contributed by atoms with E-state index in [1.54, 1.807) is 6.26 Å². The van der Waals surface area contributed by atoms with Crippen molar-refractivity contribution >= 4 is 0 Å². The molecule has 1 saturated heterocycles. The van der Waals surface area contributed by atoms with E-state index in [1.165, 1.54) is 6.42 Å². The van der Waals surface area contributed by atoms with Crippen LogP contribution in [0.2, 0.25) is 0 Å². The van der Waals surface area contributed by atoms with Gasteiger partial charge in [-0.15, -0.1) is 0 Å². The maximum atomic E-state index is 5.50. The van der Waals surface area contributed by atoms with E-state index < -0.39 is 0 Å². The molecule has 17 heavy (non-hydrogen) atoms. The number of nitrogens with zero attached hydrogens (tertiary/aromatic N) is 2. The molecular weight excluding hydrogens is 216 g/mol. The minimum atomic E-state index is 0.590. The number of furan rings is 1. The molecule has 1 fully saturated rings. The Morgan fingerprint density at radius 3 is 3.24 bits per heavy atom. The molecule has 0 aliphatic carbocycles. The first-order chi connectivity index (χ1) is 8.43. The van der Waals surface area contributed by atoms with Crippen LogP contribution in [0.1, 0.15) is 12.8 Å². The normalized spacial score (nSPS) is 20.6. The molecule has 1 atom stereocenters. The quantitative estimate of drug-likeness (QED) is 0.816. The monoisotopic (exact) mass is 232 g/mol. The first kappa shape index (κ1) is 10.6. The van der Waals surface area contributed by atoms with E-state index in [4.69, 9.17) is 9.15 Å². The minimum Gasteiger partial charge on any atom is -0.461 e. The molecular formula is C13H16N2O2. The van der Waals surface area contributed by atoms with E-state index in [0.29, 0.717) is 5.92 Å². The van der Waals surface area contributed by atoms with Crippen molar-refractivity contribution in [3.05, 3.63) is 30.8 Å². The minimum absolute atomic E-state index is 0.590. The first-order valence-corrected chi connectivity index (χ1v) is 6.06. The lowest BCUT2D eigenvalue weighted by molar-refractivity contribution is 0.0485. The zero-order chi connectivity index (χ0) is 11.5. The Morgan fingerprint density at radius 2 is 2.47 bits per heavy atom. The highest BCUT2D eigenvalue weighted by Gasteiger charge is 2.17. The van der Waals surface area contributed by atoms with E-state index in [1.807, 2.05) is 24.5 Å². The van der Waals surface area contributed by atoms with Crippen LogP contribution in [0, 0.1) is 5.92 Å². The maximum absolute atomic E-state index is 5.50. The van der Waals surface area contributed by atoms with Gasteiger partial charge >= 0.3 is 0 Å². The van der Waals surface area contributed by atoms with Gasteiger partial charge in [0.05, 0.1) is 12.9 Å². The summed E-state index contributed by atoms with van der Waals surface area (Å²) in [6.07, 6.45) is 7.90. The van der Waals surface area contributed by atoms with Crippen LogP contribution in [0.4, 0.5) is 0 Å². The molecule has 2 aromatic heterocycles. The van der Waals surface area contributed by atoms with Crippen molar-refractivity contribution in [2.45, 2.75) is 19.4 Å². The van der Waals surface area contributed by atoms with Crippen LogP contribution in [0.3, 0.4) is 0 Å². The smallest absolute Gasteiger partial charge is 0.176 e. The zero-order valence-corrected chi connectivity index (χ0v) is 9.71. The number of imidazole rings is 1. The molecule has 1 aliphatic heterocycles. The summed E-state index contributed by atoms with van der Waals surface area (Å²) in [6.45, 7) is 2.72. The van der Waals surface area contributed by atoms with E-state index in [2.05, 4.69) is 9.55 Å². The molecule has 1 aliphatic rings. The van der Waals surface area contributed by atoms with Crippen LogP contribution in [0.25, 0.3) is 11.6 Å². The Kier molecular flexibility index (Phi) is 2.96. The van der Waals surface area contributed by atoms with Gasteiger partial charge in [0, 0.05) is 31.5 Å². The summed E-state index contributed by atoms with van der Waals surface area (Å²) < 4.78 is 13.0. The average molecular weight is 232 g/mol. The van der Waals surface area contributed by atoms with Gasteiger partial charge < -0.3 is 13.7 Å². The molecule has 0 bridgehead atoms. The number of rotatable bonds is 3. The van der Waals surface area contributed by atoms with Crippen LogP contribution in [0.5, 0.6) is 0 Å². The summed E-state index contributed by atoms with van der Waals surface area (Å²) in [5.41, 5.74) is 0. The van der Waals surface area contributed by atoms with E-state index in [-0.39, 0.29) is 0 Å². The van der Waals surface area contributed by atoms with Gasteiger partial charge in [-0.3, -0.25) is 0 Å². The van der Waals surface area contributed by atoms with E-state index >= 15 is 0 Å². The van der Waals surface area contributed by atoms with E-state index in [9.17, 15) is 0 Å². The van der Waals surface area contributed by atoms with Crippen LogP contribution < -0.4 is 0 Å². The second-order valence-electron chi connectivity index (χ2n) is 4.46. The molecule has 4 nitrogen and oxygen atoms in total. The van der Waals surface area contributed by atoms with Crippen molar-refractivity contribution in [2.24, 2.45) is 5.92 Å². The molecule has 2 aromatic rings. The van der Waals surface area contributed by atoms with Crippen molar-refractivity contribution in [1.29, 1.82) is 0 Å². The van der Waals surface area contributed by atoms with Gasteiger partial charge in [-0.25, -0.2) is 4.98 Å². The molecule has 4 heteroatoms. The predicted octanol–water partition coefficient (Wildman–Crippen LogP) is 2.57. The molecule has 3 rings (SSSR count). The third kappa shape index (κ3) is 2.26. The topological polar surface area (TPSA) is 40.2 Å². The fourth-order valence-electron chi connectivity index (χ4n) is 2.32. The Bertz CT molecular complexity index is 455. The standard InChI is InChI=1S/C13H16N2O2/c1-3-11(10-16-7-1)9-15-6-5-14-13(15)12-4-2-8-17-12/h2,4-6,8,11H,1,3,7,9-10H2. The third-order valence-corrected chi connectivity index (χ3v) is 3.17. The van der Waals surface area contributed by atoms with Crippen molar-refractivity contribution in [2.75, 3.05) is 13.2 Å². The van der Waals surface area contributed by atoms with Gasteiger partial charge in [0.2, 0.25) is 0 Å². The Hall–Kier alpha value is -1.55. The second-order valence-corrected chi connectivity index (χ2v) is 4.46. The van der Waals surface area contributed by atoms with E-state index in [0.717, 1.165) is 37.8 Å². The number of aromatic nitrogens is 2. The second kappa shape index (κ2) is 4.75. The fraction of sp³-hybridized carbons (Fsp3) is 0.462. The highest BCUT2D eigenvalue weighted by Crippen LogP contribution is 2.21. The highest BCUT2D eigenvalue weighted by molar-refractivity contribution is 5.46. The fourth-order valence-corrected chi connectivity index (χ4v) is 2.32. The Labute approximate surface area is 100 Å². The van der Waals surface area contributed by atoms with Gasteiger partial charge in [0.1, 0.15) is 0 Å². The molecule has 90 valence electrons. The molecule has 1 unspecified atom stereocenters. The molecule has 3 heterocycles. The molecule has 0 N–H and O–H groups in total. The van der Waals surface area contributed by atoms with Crippen LogP contribution in [-0.2, 0) is 11.3 Å². The number of hydrogen-bond donors (Lipinski definition) is 0. The third-order valence-electron chi connectivity index (χ3n) is 3.17. The lowest BCUT2D eigenvalue weighted by Crippen LogP contribution is -2.22. The van der Waals surface area contributed by atoms with Crippen molar-refractivity contribution in [1.82, 2.24) is 9.55 Å². The summed E-state index contributed by atoms with van der Waals surface area (Å²) >= 11 is 0. The number of ether oxygens (including phenoxy) is 1.